The molecular weight excluding hydrogens is 633 g/mol. The van der Waals surface area contributed by atoms with Crippen LogP contribution in [-0.4, -0.2) is 46.4 Å². The zero-order valence-corrected chi connectivity index (χ0v) is 40.9. The third-order valence-corrected chi connectivity index (χ3v) is 35.8. The lowest BCUT2D eigenvalue weighted by atomic mass is 10.1. The lowest BCUT2D eigenvalue weighted by Crippen LogP contribution is -2.45. The van der Waals surface area contributed by atoms with Crippen molar-refractivity contribution >= 4 is 21.8 Å². The molecule has 0 radical (unpaired) electrons. The molecule has 0 amide bonds. The zero-order valence-electron chi connectivity index (χ0n) is 38.2. The average Bonchev–Trinajstić information content (AvgIpc) is 2.71. The monoisotopic (exact) mass is 724 g/mol. The normalized spacial score (nSPS) is 16.1. The van der Waals surface area contributed by atoms with Crippen molar-refractivity contribution in [2.75, 3.05) is 0 Å². The molecule has 1 aromatic carbocycles. The Kier molecular flexibility index (Phi) is 13.0. The van der Waals surface area contributed by atoms with Gasteiger partial charge < -0.3 is 0 Å². The molecule has 0 aliphatic carbocycles. The summed E-state index contributed by atoms with van der Waals surface area (Å²) in [6.45, 7) is 69.2. The second-order valence-electron chi connectivity index (χ2n) is 24.6. The highest BCUT2D eigenvalue weighted by atomic mass is 31.2. The van der Waals surface area contributed by atoms with E-state index in [-0.39, 0.29) is 46.4 Å². The number of rotatable bonds is 6. The van der Waals surface area contributed by atoms with Crippen molar-refractivity contribution in [3.8, 4) is 0 Å². The van der Waals surface area contributed by atoms with Crippen molar-refractivity contribution < 1.29 is 0 Å². The van der Waals surface area contributed by atoms with E-state index in [4.69, 9.17) is 0 Å². The van der Waals surface area contributed by atoms with Gasteiger partial charge in [-0.15, -0.1) is 0 Å². The topological polar surface area (TPSA) is 0 Å². The average molecular weight is 724 g/mol. The molecule has 282 valence electrons. The summed E-state index contributed by atoms with van der Waals surface area (Å²) in [6.07, 6.45) is 3.63. The first kappa shape index (κ1) is 46.5. The van der Waals surface area contributed by atoms with Crippen molar-refractivity contribution in [1.82, 2.24) is 0 Å². The Hall–Kier alpha value is 0.510. The molecule has 3 heteroatoms. The highest BCUT2D eigenvalue weighted by molar-refractivity contribution is 7.80. The van der Waals surface area contributed by atoms with Crippen LogP contribution in [0.1, 0.15) is 204 Å². The summed E-state index contributed by atoms with van der Waals surface area (Å²) in [6, 6.07) is 8.18. The van der Waals surface area contributed by atoms with Gasteiger partial charge >= 0.3 is 0 Å². The maximum atomic E-state index is 2.73. The standard InChI is InChI=1S/C45H90P3/c1-37(2,3)46(38(4,5)6,39(7,8)9)31-34-28-35(32-47(40(10,11)12,41(13,14)15)42(16,17)18)30-36(29-34)33-48(43(19,20)21,44(22,23)24)45(25,26)27/h28-30H,31-33H2,1-27H3/q+3. The van der Waals surface area contributed by atoms with Crippen LogP contribution in [0.4, 0.5) is 0 Å². The van der Waals surface area contributed by atoms with E-state index in [9.17, 15) is 0 Å². The Morgan fingerprint density at radius 3 is 0.438 bits per heavy atom. The maximum Gasteiger partial charge on any atom is 0.0858 e. The SMILES string of the molecule is CC(C)(C)[P+](Cc1cc(C[P+](C(C)(C)C)(C(C)(C)C)C(C)(C)C)cc(C[P+](C(C)(C)C)(C(C)(C)C)C(C)(C)C)c1)(C(C)(C)C)C(C)(C)C. The first-order valence-corrected chi connectivity index (χ1v) is 25.2. The third kappa shape index (κ3) is 8.18. The van der Waals surface area contributed by atoms with Crippen molar-refractivity contribution in [2.45, 2.75) is 252 Å². The minimum absolute atomic E-state index is 0.234. The second kappa shape index (κ2) is 13.4. The van der Waals surface area contributed by atoms with Crippen molar-refractivity contribution in [3.05, 3.63) is 34.9 Å². The Morgan fingerprint density at radius 2 is 0.354 bits per heavy atom. The summed E-state index contributed by atoms with van der Waals surface area (Å²) in [5.74, 6) is 0. The van der Waals surface area contributed by atoms with Crippen LogP contribution in [0.15, 0.2) is 18.2 Å². The fourth-order valence-electron chi connectivity index (χ4n) is 13.1. The first-order valence-electron chi connectivity index (χ1n) is 19.3. The molecule has 1 rings (SSSR count). The molecule has 0 saturated heterocycles. The number of hydrogen-bond donors (Lipinski definition) is 0. The molecule has 1 aromatic rings. The van der Waals surface area contributed by atoms with Crippen LogP contribution in [0.2, 0.25) is 0 Å². The van der Waals surface area contributed by atoms with Gasteiger partial charge in [0.15, 0.2) is 0 Å². The van der Waals surface area contributed by atoms with Gasteiger partial charge in [0.1, 0.15) is 0 Å². The summed E-state index contributed by atoms with van der Waals surface area (Å²) < 4.78 is 0. The van der Waals surface area contributed by atoms with Gasteiger partial charge in [0.05, 0.1) is 64.9 Å². The van der Waals surface area contributed by atoms with Crippen LogP contribution in [0.3, 0.4) is 0 Å². The van der Waals surface area contributed by atoms with E-state index in [1.54, 1.807) is 16.7 Å². The third-order valence-electron chi connectivity index (χ3n) is 12.7. The summed E-state index contributed by atoms with van der Waals surface area (Å²) in [4.78, 5) is 0. The van der Waals surface area contributed by atoms with Gasteiger partial charge in [-0.25, -0.2) is 0 Å². The molecule has 0 aromatic heterocycles. The minimum Gasteiger partial charge on any atom is -0.0485 e. The molecule has 48 heavy (non-hydrogen) atoms. The molecule has 0 spiro atoms. The van der Waals surface area contributed by atoms with Crippen LogP contribution in [0.25, 0.3) is 0 Å². The molecule has 0 saturated carbocycles. The lowest BCUT2D eigenvalue weighted by Gasteiger charge is -2.55. The first-order chi connectivity index (χ1) is 20.5. The number of hydrogen-bond acceptors (Lipinski definition) is 0. The van der Waals surface area contributed by atoms with E-state index in [1.807, 2.05) is 0 Å². The van der Waals surface area contributed by atoms with E-state index in [0.717, 1.165) is 0 Å². The maximum absolute atomic E-state index is 2.73. The molecular formula is C45H90P3+3. The smallest absolute Gasteiger partial charge is 0.0485 e. The van der Waals surface area contributed by atoms with Gasteiger partial charge in [0.25, 0.3) is 0 Å². The summed E-state index contributed by atoms with van der Waals surface area (Å²) in [7, 11) is -4.77. The fraction of sp³-hybridized carbons (Fsp3) is 0.867. The van der Waals surface area contributed by atoms with Gasteiger partial charge in [-0.05, 0) is 222 Å². The van der Waals surface area contributed by atoms with Crippen molar-refractivity contribution in [2.24, 2.45) is 0 Å². The lowest BCUT2D eigenvalue weighted by molar-refractivity contribution is 0.612. The van der Waals surface area contributed by atoms with Crippen LogP contribution < -0.4 is 0 Å². The van der Waals surface area contributed by atoms with Crippen LogP contribution in [-0.2, 0) is 18.5 Å². The summed E-state index contributed by atoms with van der Waals surface area (Å²) in [5, 5.41) is 2.10. The highest BCUT2D eigenvalue weighted by Gasteiger charge is 2.67. The van der Waals surface area contributed by atoms with Crippen LogP contribution in [0, 0.1) is 0 Å². The van der Waals surface area contributed by atoms with Gasteiger partial charge in [-0.2, -0.15) is 0 Å². The highest BCUT2D eigenvalue weighted by Crippen LogP contribution is 2.87. The molecule has 0 atom stereocenters. The predicted octanol–water partition coefficient (Wildman–Crippen LogP) is 16.4. The molecule has 0 aliphatic heterocycles. The Bertz CT molecular complexity index is 954. The predicted molar refractivity (Wildman–Crippen MR) is 236 cm³/mol. The molecule has 0 bridgehead atoms. The van der Waals surface area contributed by atoms with Crippen LogP contribution in [0.5, 0.6) is 0 Å². The molecule has 0 fully saturated rings. The largest absolute Gasteiger partial charge is 0.0858 e. The summed E-state index contributed by atoms with van der Waals surface area (Å²) in [5.41, 5.74) is 4.83. The van der Waals surface area contributed by atoms with E-state index in [0.29, 0.717) is 0 Å². The molecule has 0 nitrogen and oxygen atoms in total. The van der Waals surface area contributed by atoms with E-state index >= 15 is 0 Å². The van der Waals surface area contributed by atoms with Crippen LogP contribution >= 0.6 is 21.8 Å². The zero-order chi connectivity index (χ0) is 39.0. The molecule has 0 aliphatic rings. The molecule has 0 heterocycles. The van der Waals surface area contributed by atoms with Gasteiger partial charge in [0, 0.05) is 21.8 Å². The van der Waals surface area contributed by atoms with Gasteiger partial charge in [-0.3, -0.25) is 0 Å². The van der Waals surface area contributed by atoms with E-state index in [1.165, 1.54) is 18.5 Å². The minimum atomic E-state index is -1.59. The number of benzene rings is 1. The Labute approximate surface area is 307 Å². The fourth-order valence-corrected chi connectivity index (χ4v) is 37.7. The molecule has 0 N–H and O–H groups in total. The van der Waals surface area contributed by atoms with Gasteiger partial charge in [0.2, 0.25) is 0 Å². The quantitative estimate of drug-likeness (QED) is 0.256. The van der Waals surface area contributed by atoms with E-state index < -0.39 is 21.8 Å². The van der Waals surface area contributed by atoms with Gasteiger partial charge in [-0.1, -0.05) is 0 Å². The molecule has 0 unspecified atom stereocenters. The van der Waals surface area contributed by atoms with Crippen molar-refractivity contribution in [3.63, 3.8) is 0 Å². The Balaban J connectivity index is 4.54. The summed E-state index contributed by atoms with van der Waals surface area (Å²) >= 11 is 0. The van der Waals surface area contributed by atoms with E-state index in [2.05, 4.69) is 205 Å². The van der Waals surface area contributed by atoms with Crippen molar-refractivity contribution in [1.29, 1.82) is 0 Å². The second-order valence-corrected chi connectivity index (χ2v) is 42.5. The Morgan fingerprint density at radius 1 is 0.250 bits per heavy atom.